The number of amides is 2. The van der Waals surface area contributed by atoms with Crippen molar-refractivity contribution in [2.75, 3.05) is 32.4 Å². The number of aryl methyl sites for hydroxylation is 1. The molecule has 0 aromatic carbocycles. The van der Waals surface area contributed by atoms with Crippen molar-refractivity contribution in [3.8, 4) is 0 Å². The SMILES string of the molecule is CCN(CC)C(=O)CN(C)C(=O)c1c(N)cnn1CC. The molecular weight excluding hydrogens is 258 g/mol. The summed E-state index contributed by atoms with van der Waals surface area (Å²) >= 11 is 0. The van der Waals surface area contributed by atoms with Gasteiger partial charge in [0.05, 0.1) is 18.4 Å². The minimum Gasteiger partial charge on any atom is -0.396 e. The molecule has 112 valence electrons. The third kappa shape index (κ3) is 3.28. The van der Waals surface area contributed by atoms with Gasteiger partial charge in [0.1, 0.15) is 5.69 Å². The Bertz CT molecular complexity index is 479. The Kier molecular flexibility index (Phi) is 5.54. The van der Waals surface area contributed by atoms with Gasteiger partial charge in [-0.1, -0.05) is 0 Å². The van der Waals surface area contributed by atoms with Gasteiger partial charge < -0.3 is 15.5 Å². The Morgan fingerprint density at radius 2 is 1.90 bits per heavy atom. The van der Waals surface area contributed by atoms with Crippen LogP contribution in [0.3, 0.4) is 0 Å². The van der Waals surface area contributed by atoms with E-state index in [1.54, 1.807) is 11.9 Å². The second kappa shape index (κ2) is 6.93. The van der Waals surface area contributed by atoms with Crippen molar-refractivity contribution in [1.82, 2.24) is 19.6 Å². The van der Waals surface area contributed by atoms with Crippen molar-refractivity contribution in [1.29, 1.82) is 0 Å². The Morgan fingerprint density at radius 3 is 2.40 bits per heavy atom. The minimum atomic E-state index is -0.289. The van der Waals surface area contributed by atoms with Crippen LogP contribution in [0.1, 0.15) is 31.3 Å². The van der Waals surface area contributed by atoms with Crippen LogP contribution in [0.5, 0.6) is 0 Å². The first kappa shape index (κ1) is 16.0. The molecule has 1 aromatic rings. The number of carbonyl (C=O) groups is 2. The van der Waals surface area contributed by atoms with Crippen LogP contribution >= 0.6 is 0 Å². The number of nitrogens with two attached hydrogens (primary N) is 1. The van der Waals surface area contributed by atoms with Crippen molar-refractivity contribution in [3.63, 3.8) is 0 Å². The van der Waals surface area contributed by atoms with Gasteiger partial charge in [0.15, 0.2) is 0 Å². The van der Waals surface area contributed by atoms with Crippen molar-refractivity contribution < 1.29 is 9.59 Å². The van der Waals surface area contributed by atoms with Crippen LogP contribution in [-0.2, 0) is 11.3 Å². The average Bonchev–Trinajstić information content (AvgIpc) is 2.80. The molecule has 7 heteroatoms. The van der Waals surface area contributed by atoms with E-state index in [-0.39, 0.29) is 18.4 Å². The molecule has 0 aliphatic rings. The van der Waals surface area contributed by atoms with Gasteiger partial charge in [-0.15, -0.1) is 0 Å². The Balaban J connectivity index is 2.82. The summed E-state index contributed by atoms with van der Waals surface area (Å²) in [4.78, 5) is 27.4. The van der Waals surface area contributed by atoms with Crippen LogP contribution in [0, 0.1) is 0 Å². The van der Waals surface area contributed by atoms with E-state index in [1.807, 2.05) is 20.8 Å². The fraction of sp³-hybridized carbons (Fsp3) is 0.615. The summed E-state index contributed by atoms with van der Waals surface area (Å²) in [6.45, 7) is 7.55. The molecule has 0 spiro atoms. The summed E-state index contributed by atoms with van der Waals surface area (Å²) in [6, 6.07) is 0. The maximum atomic E-state index is 12.4. The predicted molar refractivity (Wildman–Crippen MR) is 77.2 cm³/mol. The fourth-order valence-electron chi connectivity index (χ4n) is 2.01. The zero-order valence-electron chi connectivity index (χ0n) is 12.6. The number of anilines is 1. The Morgan fingerprint density at radius 1 is 1.30 bits per heavy atom. The lowest BCUT2D eigenvalue weighted by Crippen LogP contribution is -2.41. The first-order chi connectivity index (χ1) is 9.46. The van der Waals surface area contributed by atoms with E-state index in [2.05, 4.69) is 5.10 Å². The van der Waals surface area contributed by atoms with Crippen molar-refractivity contribution >= 4 is 17.5 Å². The average molecular weight is 281 g/mol. The largest absolute Gasteiger partial charge is 0.396 e. The number of nitrogens with zero attached hydrogens (tertiary/aromatic N) is 4. The molecule has 2 amide bonds. The molecule has 0 unspecified atom stereocenters. The summed E-state index contributed by atoms with van der Waals surface area (Å²) < 4.78 is 1.54. The molecule has 0 aliphatic carbocycles. The smallest absolute Gasteiger partial charge is 0.274 e. The van der Waals surface area contributed by atoms with Gasteiger partial charge in [-0.05, 0) is 20.8 Å². The van der Waals surface area contributed by atoms with E-state index < -0.39 is 0 Å². The third-order valence-corrected chi connectivity index (χ3v) is 3.21. The molecule has 1 heterocycles. The van der Waals surface area contributed by atoms with E-state index in [9.17, 15) is 9.59 Å². The highest BCUT2D eigenvalue weighted by Gasteiger charge is 2.22. The van der Waals surface area contributed by atoms with Crippen molar-refractivity contribution in [2.24, 2.45) is 0 Å². The maximum Gasteiger partial charge on any atom is 0.274 e. The molecular formula is C13H23N5O2. The molecule has 0 saturated carbocycles. The third-order valence-electron chi connectivity index (χ3n) is 3.21. The van der Waals surface area contributed by atoms with Gasteiger partial charge in [-0.3, -0.25) is 14.3 Å². The van der Waals surface area contributed by atoms with Crippen LogP contribution in [0.15, 0.2) is 6.20 Å². The standard InChI is InChI=1S/C13H23N5O2/c1-5-17(6-2)11(19)9-16(4)13(20)12-10(14)8-15-18(12)7-3/h8H,5-7,9,14H2,1-4H3. The van der Waals surface area contributed by atoms with E-state index in [1.165, 1.54) is 15.8 Å². The second-order valence-corrected chi connectivity index (χ2v) is 4.49. The fourth-order valence-corrected chi connectivity index (χ4v) is 2.01. The number of hydrogen-bond donors (Lipinski definition) is 1. The number of rotatable bonds is 6. The lowest BCUT2D eigenvalue weighted by Gasteiger charge is -2.23. The predicted octanol–water partition coefficient (Wildman–Crippen LogP) is 0.426. The van der Waals surface area contributed by atoms with Crippen molar-refractivity contribution in [3.05, 3.63) is 11.9 Å². The highest BCUT2D eigenvalue weighted by atomic mass is 16.2. The molecule has 7 nitrogen and oxygen atoms in total. The van der Waals surface area contributed by atoms with E-state index in [0.717, 1.165) is 0 Å². The molecule has 0 bridgehead atoms. The molecule has 1 aromatic heterocycles. The molecule has 0 fully saturated rings. The summed E-state index contributed by atoms with van der Waals surface area (Å²) in [7, 11) is 1.59. The van der Waals surface area contributed by atoms with Gasteiger partial charge in [0, 0.05) is 26.7 Å². The van der Waals surface area contributed by atoms with E-state index in [0.29, 0.717) is 31.0 Å². The molecule has 20 heavy (non-hydrogen) atoms. The summed E-state index contributed by atoms with van der Waals surface area (Å²) in [5.74, 6) is -0.366. The van der Waals surface area contributed by atoms with Crippen LogP contribution in [0.4, 0.5) is 5.69 Å². The summed E-state index contributed by atoms with van der Waals surface area (Å²) in [5, 5.41) is 4.03. The van der Waals surface area contributed by atoms with E-state index in [4.69, 9.17) is 5.73 Å². The molecule has 0 aliphatic heterocycles. The number of carbonyl (C=O) groups excluding carboxylic acids is 2. The van der Waals surface area contributed by atoms with Gasteiger partial charge >= 0.3 is 0 Å². The number of hydrogen-bond acceptors (Lipinski definition) is 4. The molecule has 0 atom stereocenters. The molecule has 1 rings (SSSR count). The molecule has 2 N–H and O–H groups in total. The maximum absolute atomic E-state index is 12.4. The van der Waals surface area contributed by atoms with Gasteiger partial charge in [-0.25, -0.2) is 0 Å². The van der Waals surface area contributed by atoms with Crippen LogP contribution < -0.4 is 5.73 Å². The molecule has 0 saturated heterocycles. The molecule has 0 radical (unpaired) electrons. The first-order valence-electron chi connectivity index (χ1n) is 6.80. The highest BCUT2D eigenvalue weighted by Crippen LogP contribution is 2.13. The van der Waals surface area contributed by atoms with Crippen molar-refractivity contribution in [2.45, 2.75) is 27.3 Å². The van der Waals surface area contributed by atoms with Crippen LogP contribution in [-0.4, -0.2) is 58.1 Å². The lowest BCUT2D eigenvalue weighted by atomic mass is 10.3. The summed E-state index contributed by atoms with van der Waals surface area (Å²) in [6.07, 6.45) is 1.46. The topological polar surface area (TPSA) is 84.5 Å². The van der Waals surface area contributed by atoms with Crippen LogP contribution in [0.25, 0.3) is 0 Å². The number of likely N-dealkylation sites (N-methyl/N-ethyl adjacent to an activating group) is 2. The van der Waals surface area contributed by atoms with E-state index >= 15 is 0 Å². The Hall–Kier alpha value is -2.05. The monoisotopic (exact) mass is 281 g/mol. The minimum absolute atomic E-state index is 0.0366. The lowest BCUT2D eigenvalue weighted by molar-refractivity contribution is -0.131. The highest BCUT2D eigenvalue weighted by molar-refractivity contribution is 5.99. The normalized spacial score (nSPS) is 10.4. The first-order valence-corrected chi connectivity index (χ1v) is 6.80. The zero-order chi connectivity index (χ0) is 15.3. The Labute approximate surface area is 119 Å². The number of aromatic nitrogens is 2. The summed E-state index contributed by atoms with van der Waals surface area (Å²) in [5.41, 5.74) is 6.44. The second-order valence-electron chi connectivity index (χ2n) is 4.49. The quantitative estimate of drug-likeness (QED) is 0.819. The van der Waals surface area contributed by atoms with Crippen LogP contribution in [0.2, 0.25) is 0 Å². The zero-order valence-corrected chi connectivity index (χ0v) is 12.6. The van der Waals surface area contributed by atoms with Gasteiger partial charge in [0.25, 0.3) is 5.91 Å². The van der Waals surface area contributed by atoms with Gasteiger partial charge in [-0.2, -0.15) is 5.10 Å². The number of nitrogen functional groups attached to an aromatic ring is 1. The van der Waals surface area contributed by atoms with Gasteiger partial charge in [0.2, 0.25) is 5.91 Å².